The zero-order valence-electron chi connectivity index (χ0n) is 10.6. The van der Waals surface area contributed by atoms with Crippen molar-refractivity contribution in [3.05, 3.63) is 28.6 Å². The molecule has 0 spiro atoms. The molecule has 0 fully saturated rings. The summed E-state index contributed by atoms with van der Waals surface area (Å²) in [7, 11) is 0. The molecule has 0 atom stereocenters. The lowest BCUT2D eigenvalue weighted by Gasteiger charge is -2.18. The molecule has 1 heterocycles. The number of aryl methyl sites for hydroxylation is 1. The fourth-order valence-electron chi connectivity index (χ4n) is 1.62. The minimum Gasteiger partial charge on any atom is -0.439 e. The Bertz CT molecular complexity index is 540. The molecule has 0 aliphatic heterocycles. The second-order valence-electron chi connectivity index (χ2n) is 5.28. The molecule has 3 nitrogen and oxygen atoms in total. The molecular weight excluding hydrogens is 236 g/mol. The van der Waals surface area contributed by atoms with Crippen LogP contribution in [-0.4, -0.2) is 10.5 Å². The fraction of sp³-hybridized carbons (Fsp3) is 0.462. The van der Waals surface area contributed by atoms with E-state index in [0.717, 1.165) is 16.7 Å². The summed E-state index contributed by atoms with van der Waals surface area (Å²) in [6.45, 7) is 8.92. The SMILES string of the molecule is Cc1cc(Cl)cc2nc(CNC(C)(C)C)oc12. The molecule has 0 bridgehead atoms. The number of halogens is 1. The minimum atomic E-state index is 0.0490. The van der Waals surface area contributed by atoms with Crippen LogP contribution in [-0.2, 0) is 6.54 Å². The van der Waals surface area contributed by atoms with Crippen molar-refractivity contribution in [2.75, 3.05) is 0 Å². The normalized spacial score (nSPS) is 12.3. The average Bonchev–Trinajstić information content (AvgIpc) is 2.56. The predicted molar refractivity (Wildman–Crippen MR) is 70.3 cm³/mol. The number of aromatic nitrogens is 1. The van der Waals surface area contributed by atoms with Gasteiger partial charge >= 0.3 is 0 Å². The zero-order chi connectivity index (χ0) is 12.6. The molecule has 92 valence electrons. The molecule has 2 aromatic rings. The van der Waals surface area contributed by atoms with E-state index in [2.05, 4.69) is 31.1 Å². The molecule has 1 aromatic carbocycles. The molecule has 0 saturated heterocycles. The van der Waals surface area contributed by atoms with E-state index in [1.807, 2.05) is 19.1 Å². The monoisotopic (exact) mass is 252 g/mol. The van der Waals surface area contributed by atoms with E-state index in [9.17, 15) is 0 Å². The van der Waals surface area contributed by atoms with E-state index in [4.69, 9.17) is 16.0 Å². The van der Waals surface area contributed by atoms with Crippen molar-refractivity contribution >= 4 is 22.7 Å². The van der Waals surface area contributed by atoms with Gasteiger partial charge in [-0.1, -0.05) is 11.6 Å². The van der Waals surface area contributed by atoms with Crippen LogP contribution in [0.1, 0.15) is 32.2 Å². The molecule has 1 aromatic heterocycles. The Morgan fingerprint density at radius 3 is 2.71 bits per heavy atom. The number of nitrogens with zero attached hydrogens (tertiary/aromatic N) is 1. The quantitative estimate of drug-likeness (QED) is 0.886. The van der Waals surface area contributed by atoms with Crippen LogP contribution in [0.2, 0.25) is 5.02 Å². The number of benzene rings is 1. The smallest absolute Gasteiger partial charge is 0.209 e. The third-order valence-electron chi connectivity index (χ3n) is 2.45. The Labute approximate surface area is 106 Å². The summed E-state index contributed by atoms with van der Waals surface area (Å²) in [4.78, 5) is 4.42. The number of fused-ring (bicyclic) bond motifs is 1. The van der Waals surface area contributed by atoms with Gasteiger partial charge in [-0.25, -0.2) is 4.98 Å². The second kappa shape index (κ2) is 4.31. The first-order chi connectivity index (χ1) is 7.85. The highest BCUT2D eigenvalue weighted by molar-refractivity contribution is 6.31. The number of oxazole rings is 1. The molecular formula is C13H17ClN2O. The van der Waals surface area contributed by atoms with Gasteiger partial charge in [0.15, 0.2) is 5.58 Å². The van der Waals surface area contributed by atoms with E-state index in [0.29, 0.717) is 17.5 Å². The summed E-state index contributed by atoms with van der Waals surface area (Å²) in [5.41, 5.74) is 2.70. The Balaban J connectivity index is 2.29. The Kier molecular flexibility index (Phi) is 3.15. The average molecular weight is 253 g/mol. The lowest BCUT2D eigenvalue weighted by Crippen LogP contribution is -2.35. The van der Waals surface area contributed by atoms with Gasteiger partial charge in [-0.15, -0.1) is 0 Å². The minimum absolute atomic E-state index is 0.0490. The summed E-state index contributed by atoms with van der Waals surface area (Å²) in [5, 5.41) is 4.04. The summed E-state index contributed by atoms with van der Waals surface area (Å²) >= 11 is 5.99. The van der Waals surface area contributed by atoms with Gasteiger partial charge in [0, 0.05) is 10.6 Å². The van der Waals surface area contributed by atoms with Gasteiger partial charge in [0.05, 0.1) is 6.54 Å². The van der Waals surface area contributed by atoms with Crippen molar-refractivity contribution in [1.29, 1.82) is 0 Å². The van der Waals surface area contributed by atoms with Crippen molar-refractivity contribution < 1.29 is 4.42 Å². The lowest BCUT2D eigenvalue weighted by atomic mass is 10.1. The van der Waals surface area contributed by atoms with Crippen molar-refractivity contribution in [1.82, 2.24) is 10.3 Å². The van der Waals surface area contributed by atoms with Crippen LogP contribution >= 0.6 is 11.6 Å². The van der Waals surface area contributed by atoms with Crippen LogP contribution in [0.3, 0.4) is 0 Å². The molecule has 17 heavy (non-hydrogen) atoms. The van der Waals surface area contributed by atoms with Crippen molar-refractivity contribution in [2.45, 2.75) is 39.8 Å². The standard InChI is InChI=1S/C13H17ClN2O/c1-8-5-9(14)6-10-12(8)17-11(16-10)7-15-13(2,3)4/h5-6,15H,7H2,1-4H3. The molecule has 0 amide bonds. The summed E-state index contributed by atoms with van der Waals surface area (Å²) in [6, 6.07) is 3.71. The fourth-order valence-corrected chi connectivity index (χ4v) is 1.89. The first-order valence-corrected chi connectivity index (χ1v) is 6.03. The van der Waals surface area contributed by atoms with Gasteiger partial charge in [-0.05, 0) is 45.4 Å². The van der Waals surface area contributed by atoms with Crippen molar-refractivity contribution in [3.8, 4) is 0 Å². The predicted octanol–water partition coefficient (Wildman–Crippen LogP) is 3.68. The van der Waals surface area contributed by atoms with Gasteiger partial charge in [-0.3, -0.25) is 0 Å². The van der Waals surface area contributed by atoms with E-state index < -0.39 is 0 Å². The summed E-state index contributed by atoms with van der Waals surface area (Å²) < 4.78 is 5.72. The maximum Gasteiger partial charge on any atom is 0.209 e. The number of hydrogen-bond donors (Lipinski definition) is 1. The summed E-state index contributed by atoms with van der Waals surface area (Å²) in [6.07, 6.45) is 0. The van der Waals surface area contributed by atoms with Gasteiger partial charge in [-0.2, -0.15) is 0 Å². The highest BCUT2D eigenvalue weighted by Gasteiger charge is 2.13. The molecule has 0 aliphatic carbocycles. The van der Waals surface area contributed by atoms with Gasteiger partial charge in [0.2, 0.25) is 5.89 Å². The van der Waals surface area contributed by atoms with E-state index in [1.165, 1.54) is 0 Å². The maximum atomic E-state index is 5.99. The maximum absolute atomic E-state index is 5.99. The first kappa shape index (κ1) is 12.4. The van der Waals surface area contributed by atoms with E-state index >= 15 is 0 Å². The number of rotatable bonds is 2. The van der Waals surface area contributed by atoms with Gasteiger partial charge in [0.1, 0.15) is 5.52 Å². The number of hydrogen-bond acceptors (Lipinski definition) is 3. The third kappa shape index (κ3) is 2.99. The topological polar surface area (TPSA) is 38.1 Å². The van der Waals surface area contributed by atoms with Crippen LogP contribution in [0.25, 0.3) is 11.1 Å². The van der Waals surface area contributed by atoms with E-state index in [1.54, 1.807) is 0 Å². The second-order valence-corrected chi connectivity index (χ2v) is 5.72. The van der Waals surface area contributed by atoms with Crippen molar-refractivity contribution in [3.63, 3.8) is 0 Å². The van der Waals surface area contributed by atoms with Crippen LogP contribution in [0.4, 0.5) is 0 Å². The molecule has 0 saturated carbocycles. The molecule has 0 aliphatic rings. The van der Waals surface area contributed by atoms with E-state index in [-0.39, 0.29) is 5.54 Å². The van der Waals surface area contributed by atoms with Crippen LogP contribution in [0, 0.1) is 6.92 Å². The Hall–Kier alpha value is -1.06. The third-order valence-corrected chi connectivity index (χ3v) is 2.67. The van der Waals surface area contributed by atoms with Crippen molar-refractivity contribution in [2.24, 2.45) is 0 Å². The Morgan fingerprint density at radius 2 is 2.06 bits per heavy atom. The lowest BCUT2D eigenvalue weighted by molar-refractivity contribution is 0.388. The largest absolute Gasteiger partial charge is 0.439 e. The van der Waals surface area contributed by atoms with Crippen LogP contribution in [0.15, 0.2) is 16.5 Å². The first-order valence-electron chi connectivity index (χ1n) is 5.66. The molecule has 4 heteroatoms. The van der Waals surface area contributed by atoms with Gasteiger partial charge in [0.25, 0.3) is 0 Å². The van der Waals surface area contributed by atoms with Gasteiger partial charge < -0.3 is 9.73 Å². The Morgan fingerprint density at radius 1 is 1.35 bits per heavy atom. The van der Waals surface area contributed by atoms with Crippen LogP contribution < -0.4 is 5.32 Å². The highest BCUT2D eigenvalue weighted by Crippen LogP contribution is 2.24. The summed E-state index contributed by atoms with van der Waals surface area (Å²) in [5.74, 6) is 0.695. The van der Waals surface area contributed by atoms with Crippen LogP contribution in [0.5, 0.6) is 0 Å². The molecule has 2 rings (SSSR count). The molecule has 0 radical (unpaired) electrons. The number of nitrogens with one attached hydrogen (secondary N) is 1. The zero-order valence-corrected chi connectivity index (χ0v) is 11.4. The highest BCUT2D eigenvalue weighted by atomic mass is 35.5. The molecule has 0 unspecified atom stereocenters. The molecule has 1 N–H and O–H groups in total.